The number of esters is 2. The molecule has 0 spiro atoms. The Balaban J connectivity index is 1.96. The van der Waals surface area contributed by atoms with Gasteiger partial charge in [0.05, 0.1) is 52.6 Å². The summed E-state index contributed by atoms with van der Waals surface area (Å²) in [6, 6.07) is 22.8. The second-order valence-electron chi connectivity index (χ2n) is 9.49. The standard InChI is InChI=1S/C33H30N2O8S/c1-4-41-31(36)29(25-21-34(33(38)43-6-3)27-19-13-11-17-24(25)27)30(32(37)42-5-2)28-20-22-14-10-12-18-26(22)35(28)44(39,40)23-15-8-7-9-16-23/h7-21H,4-6H2,1-3H3/b30-29-. The number of ether oxygens (including phenoxy) is 3. The molecule has 0 aliphatic carbocycles. The third-order valence-electron chi connectivity index (χ3n) is 6.86. The van der Waals surface area contributed by atoms with Crippen LogP contribution in [0.25, 0.3) is 33.0 Å². The van der Waals surface area contributed by atoms with Gasteiger partial charge in [0.2, 0.25) is 0 Å². The van der Waals surface area contributed by atoms with Gasteiger partial charge in [-0.2, -0.15) is 0 Å². The topological polar surface area (TPSA) is 123 Å². The lowest BCUT2D eigenvalue weighted by Gasteiger charge is -2.17. The highest BCUT2D eigenvalue weighted by molar-refractivity contribution is 7.90. The number of hydrogen-bond donors (Lipinski definition) is 0. The van der Waals surface area contributed by atoms with Crippen LogP contribution < -0.4 is 0 Å². The summed E-state index contributed by atoms with van der Waals surface area (Å²) in [6.45, 7) is 4.88. The van der Waals surface area contributed by atoms with Gasteiger partial charge >= 0.3 is 18.0 Å². The largest absolute Gasteiger partial charge is 0.462 e. The van der Waals surface area contributed by atoms with Crippen LogP contribution >= 0.6 is 0 Å². The van der Waals surface area contributed by atoms with Crippen LogP contribution in [0.5, 0.6) is 0 Å². The summed E-state index contributed by atoms with van der Waals surface area (Å²) in [7, 11) is -4.31. The molecule has 226 valence electrons. The molecule has 0 saturated carbocycles. The van der Waals surface area contributed by atoms with E-state index in [1.54, 1.807) is 87.5 Å². The fourth-order valence-electron chi connectivity index (χ4n) is 5.07. The van der Waals surface area contributed by atoms with Gasteiger partial charge in [0, 0.05) is 22.5 Å². The fourth-order valence-corrected chi connectivity index (χ4v) is 6.61. The van der Waals surface area contributed by atoms with E-state index in [1.165, 1.54) is 29.0 Å². The van der Waals surface area contributed by atoms with Gasteiger partial charge in [-0.05, 0) is 51.1 Å². The van der Waals surface area contributed by atoms with Gasteiger partial charge in [-0.3, -0.25) is 4.57 Å². The van der Waals surface area contributed by atoms with Crippen molar-refractivity contribution in [1.29, 1.82) is 0 Å². The van der Waals surface area contributed by atoms with Crippen LogP contribution in [0.3, 0.4) is 0 Å². The van der Waals surface area contributed by atoms with Crippen molar-refractivity contribution in [3.8, 4) is 0 Å². The lowest BCUT2D eigenvalue weighted by molar-refractivity contribution is -0.138. The van der Waals surface area contributed by atoms with E-state index >= 15 is 0 Å². The van der Waals surface area contributed by atoms with Crippen LogP contribution in [-0.4, -0.2) is 54.8 Å². The molecule has 5 aromatic rings. The van der Waals surface area contributed by atoms with E-state index in [2.05, 4.69) is 0 Å². The van der Waals surface area contributed by atoms with Crippen LogP contribution in [0, 0.1) is 0 Å². The van der Waals surface area contributed by atoms with Gasteiger partial charge in [-0.25, -0.2) is 26.8 Å². The summed E-state index contributed by atoms with van der Waals surface area (Å²) >= 11 is 0. The Morgan fingerprint density at radius 2 is 1.25 bits per heavy atom. The molecule has 0 amide bonds. The summed E-state index contributed by atoms with van der Waals surface area (Å²) in [6.07, 6.45) is 0.684. The zero-order valence-electron chi connectivity index (χ0n) is 24.4. The molecule has 0 atom stereocenters. The predicted octanol–water partition coefficient (Wildman–Crippen LogP) is 5.87. The number of para-hydroxylation sites is 2. The first-order valence-corrected chi connectivity index (χ1v) is 15.5. The number of fused-ring (bicyclic) bond motifs is 2. The highest BCUT2D eigenvalue weighted by Gasteiger charge is 2.34. The van der Waals surface area contributed by atoms with E-state index in [-0.39, 0.29) is 52.6 Å². The highest BCUT2D eigenvalue weighted by Crippen LogP contribution is 2.38. The van der Waals surface area contributed by atoms with E-state index in [1.807, 2.05) is 0 Å². The van der Waals surface area contributed by atoms with Crippen molar-refractivity contribution in [2.24, 2.45) is 0 Å². The monoisotopic (exact) mass is 614 g/mol. The second-order valence-corrected chi connectivity index (χ2v) is 11.3. The SMILES string of the molecule is CCOC(=O)/C(=C(\C(=O)OCC)c1cc2ccccc2n1S(=O)(=O)c1ccccc1)c1cn(C(=O)OCC)c2ccccc12. The number of carbonyl (C=O) groups is 3. The molecule has 0 radical (unpaired) electrons. The molecule has 0 aliphatic heterocycles. The average Bonchev–Trinajstić information content (AvgIpc) is 3.60. The first-order chi connectivity index (χ1) is 21.2. The van der Waals surface area contributed by atoms with Crippen LogP contribution in [-0.2, 0) is 33.8 Å². The smallest absolute Gasteiger partial charge is 0.418 e. The highest BCUT2D eigenvalue weighted by atomic mass is 32.2. The summed E-state index contributed by atoms with van der Waals surface area (Å²) in [5, 5.41) is 0.931. The number of carbonyl (C=O) groups excluding carboxylic acids is 3. The zero-order valence-corrected chi connectivity index (χ0v) is 25.2. The van der Waals surface area contributed by atoms with E-state index in [4.69, 9.17) is 14.2 Å². The van der Waals surface area contributed by atoms with Crippen molar-refractivity contribution in [2.45, 2.75) is 25.7 Å². The van der Waals surface area contributed by atoms with Crippen molar-refractivity contribution >= 4 is 61.0 Å². The van der Waals surface area contributed by atoms with Crippen LogP contribution in [0.15, 0.2) is 96.0 Å². The summed E-state index contributed by atoms with van der Waals surface area (Å²) in [5.41, 5.74) is 0.131. The molecule has 44 heavy (non-hydrogen) atoms. The van der Waals surface area contributed by atoms with Crippen molar-refractivity contribution in [3.05, 3.63) is 102 Å². The van der Waals surface area contributed by atoms with Gasteiger partial charge in [0.1, 0.15) is 0 Å². The van der Waals surface area contributed by atoms with Crippen molar-refractivity contribution in [3.63, 3.8) is 0 Å². The maximum absolute atomic E-state index is 14.3. The van der Waals surface area contributed by atoms with Crippen molar-refractivity contribution in [1.82, 2.24) is 8.54 Å². The van der Waals surface area contributed by atoms with E-state index in [0.717, 1.165) is 3.97 Å². The van der Waals surface area contributed by atoms with E-state index in [9.17, 15) is 22.8 Å². The van der Waals surface area contributed by atoms with Gasteiger partial charge in [-0.1, -0.05) is 54.6 Å². The summed E-state index contributed by atoms with van der Waals surface area (Å²) in [4.78, 5) is 40.8. The molecule has 10 nitrogen and oxygen atoms in total. The predicted molar refractivity (Wildman–Crippen MR) is 165 cm³/mol. The minimum absolute atomic E-state index is 0.0255. The number of hydrogen-bond acceptors (Lipinski definition) is 8. The Kier molecular flexibility index (Phi) is 8.68. The summed E-state index contributed by atoms with van der Waals surface area (Å²) in [5.74, 6) is -1.85. The molecule has 0 unspecified atom stereocenters. The molecule has 11 heteroatoms. The van der Waals surface area contributed by atoms with Crippen LogP contribution in [0.2, 0.25) is 0 Å². The minimum Gasteiger partial charge on any atom is -0.462 e. The zero-order chi connectivity index (χ0) is 31.4. The molecular weight excluding hydrogens is 584 g/mol. The molecular formula is C33H30N2O8S. The Morgan fingerprint density at radius 1 is 0.682 bits per heavy atom. The van der Waals surface area contributed by atoms with Crippen LogP contribution in [0.4, 0.5) is 4.79 Å². The molecule has 2 aromatic heterocycles. The second kappa shape index (κ2) is 12.6. The molecule has 0 saturated heterocycles. The average molecular weight is 615 g/mol. The maximum atomic E-state index is 14.3. The quantitative estimate of drug-likeness (QED) is 0.115. The normalized spacial score (nSPS) is 12.2. The lowest BCUT2D eigenvalue weighted by Crippen LogP contribution is -2.21. The Bertz CT molecular complexity index is 2020. The molecule has 3 aromatic carbocycles. The maximum Gasteiger partial charge on any atom is 0.418 e. The van der Waals surface area contributed by atoms with Gasteiger partial charge < -0.3 is 14.2 Å². The van der Waals surface area contributed by atoms with Gasteiger partial charge in [-0.15, -0.1) is 0 Å². The number of benzene rings is 3. The fraction of sp³-hybridized carbons (Fsp3) is 0.182. The number of aromatic nitrogens is 2. The molecule has 5 rings (SSSR count). The van der Waals surface area contributed by atoms with Crippen molar-refractivity contribution in [2.75, 3.05) is 19.8 Å². The molecule has 2 heterocycles. The molecule has 0 fully saturated rings. The number of rotatable bonds is 9. The van der Waals surface area contributed by atoms with Gasteiger partial charge in [0.15, 0.2) is 0 Å². The first kappa shape index (κ1) is 30.3. The van der Waals surface area contributed by atoms with E-state index in [0.29, 0.717) is 16.3 Å². The third kappa shape index (κ3) is 5.37. The number of nitrogens with zero attached hydrogens (tertiary/aromatic N) is 2. The van der Waals surface area contributed by atoms with Gasteiger partial charge in [0.25, 0.3) is 10.0 Å². The summed E-state index contributed by atoms with van der Waals surface area (Å²) < 4.78 is 46.9. The Hall–Kier alpha value is -5.16. The van der Waals surface area contributed by atoms with Crippen LogP contribution in [0.1, 0.15) is 32.0 Å². The molecule has 0 N–H and O–H groups in total. The van der Waals surface area contributed by atoms with Crippen molar-refractivity contribution < 1.29 is 37.0 Å². The first-order valence-electron chi connectivity index (χ1n) is 14.0. The third-order valence-corrected chi connectivity index (χ3v) is 8.60. The molecule has 0 bridgehead atoms. The molecule has 0 aliphatic rings. The minimum atomic E-state index is -4.31. The van der Waals surface area contributed by atoms with E-state index < -0.39 is 28.1 Å². The Morgan fingerprint density at radius 3 is 1.91 bits per heavy atom. The Labute approximate surface area is 254 Å². The lowest BCUT2D eigenvalue weighted by atomic mass is 9.97.